The quantitative estimate of drug-likeness (QED) is 0.408. The van der Waals surface area contributed by atoms with Crippen molar-refractivity contribution in [3.05, 3.63) is 93.7 Å². The van der Waals surface area contributed by atoms with Gasteiger partial charge in [0.25, 0.3) is 5.91 Å². The number of benzene rings is 2. The smallest absolute Gasteiger partial charge is 0.331 e. The highest BCUT2D eigenvalue weighted by atomic mass is 32.1. The van der Waals surface area contributed by atoms with Gasteiger partial charge in [0.2, 0.25) is 0 Å². The highest BCUT2D eigenvalue weighted by Crippen LogP contribution is 2.24. The summed E-state index contributed by atoms with van der Waals surface area (Å²) in [6.45, 7) is 1.51. The lowest BCUT2D eigenvalue weighted by Crippen LogP contribution is -2.38. The van der Waals surface area contributed by atoms with Gasteiger partial charge in [-0.3, -0.25) is 4.79 Å². The average Bonchev–Trinajstić information content (AvgIpc) is 3.29. The number of ether oxygens (including phenoxy) is 2. The van der Waals surface area contributed by atoms with Gasteiger partial charge in [-0.2, -0.15) is 0 Å². The van der Waals surface area contributed by atoms with Gasteiger partial charge in [0.1, 0.15) is 12.4 Å². The van der Waals surface area contributed by atoms with Crippen molar-refractivity contribution in [3.8, 4) is 5.75 Å². The number of hydrogen-bond acceptors (Lipinski definition) is 5. The predicted octanol–water partition coefficient (Wildman–Crippen LogP) is 4.47. The molecule has 0 aliphatic carbocycles. The molecule has 0 radical (unpaired) electrons. The predicted molar refractivity (Wildman–Crippen MR) is 121 cm³/mol. The largest absolute Gasteiger partial charge is 0.489 e. The molecule has 1 amide bonds. The van der Waals surface area contributed by atoms with Crippen LogP contribution in [0.2, 0.25) is 0 Å². The van der Waals surface area contributed by atoms with Crippen LogP contribution in [-0.2, 0) is 33.9 Å². The van der Waals surface area contributed by atoms with E-state index in [2.05, 4.69) is 0 Å². The molecule has 1 aliphatic rings. The van der Waals surface area contributed by atoms with E-state index >= 15 is 0 Å². The van der Waals surface area contributed by atoms with Crippen molar-refractivity contribution < 1.29 is 19.1 Å². The lowest BCUT2D eigenvalue weighted by atomic mass is 10.1. The standard InChI is InChI=1S/C25H23NO4S/c27-24(26-14-12-23-21(16-26)13-15-31-23)18-30-25(28)11-8-19-6-9-22(10-7-19)29-17-20-4-2-1-3-5-20/h1-11,13,15H,12,14,16-18H2/b11-8+. The summed E-state index contributed by atoms with van der Waals surface area (Å²) in [7, 11) is 0. The first kappa shape index (κ1) is 20.9. The maximum absolute atomic E-state index is 12.3. The molecular weight excluding hydrogens is 410 g/mol. The van der Waals surface area contributed by atoms with E-state index in [1.807, 2.05) is 66.0 Å². The van der Waals surface area contributed by atoms with Gasteiger partial charge in [-0.25, -0.2) is 4.79 Å². The molecule has 2 aromatic carbocycles. The first-order valence-electron chi connectivity index (χ1n) is 10.1. The maximum Gasteiger partial charge on any atom is 0.331 e. The number of hydrogen-bond donors (Lipinski definition) is 0. The van der Waals surface area contributed by atoms with Crippen LogP contribution in [-0.4, -0.2) is 29.9 Å². The first-order chi connectivity index (χ1) is 15.2. The van der Waals surface area contributed by atoms with Crippen molar-refractivity contribution in [2.45, 2.75) is 19.6 Å². The van der Waals surface area contributed by atoms with Crippen molar-refractivity contribution in [1.29, 1.82) is 0 Å². The Hall–Kier alpha value is -3.38. The van der Waals surface area contributed by atoms with Gasteiger partial charge in [-0.15, -0.1) is 11.3 Å². The van der Waals surface area contributed by atoms with Crippen molar-refractivity contribution in [3.63, 3.8) is 0 Å². The molecule has 158 valence electrons. The molecule has 0 unspecified atom stereocenters. The minimum absolute atomic E-state index is 0.168. The SMILES string of the molecule is O=C(/C=C/c1ccc(OCc2ccccc2)cc1)OCC(=O)N1CCc2sccc2C1. The normalized spacial score (nSPS) is 13.1. The van der Waals surface area contributed by atoms with Gasteiger partial charge in [-0.05, 0) is 52.8 Å². The third kappa shape index (κ3) is 5.83. The van der Waals surface area contributed by atoms with Crippen molar-refractivity contribution >= 4 is 29.3 Å². The minimum Gasteiger partial charge on any atom is -0.489 e. The summed E-state index contributed by atoms with van der Waals surface area (Å²) < 4.78 is 10.9. The highest BCUT2D eigenvalue weighted by molar-refractivity contribution is 7.10. The zero-order valence-corrected chi connectivity index (χ0v) is 17.8. The third-order valence-corrected chi connectivity index (χ3v) is 6.06. The fraction of sp³-hybridized carbons (Fsp3) is 0.200. The number of nitrogens with zero attached hydrogens (tertiary/aromatic N) is 1. The van der Waals surface area contributed by atoms with E-state index in [1.54, 1.807) is 22.3 Å². The van der Waals surface area contributed by atoms with E-state index in [1.165, 1.54) is 16.5 Å². The summed E-state index contributed by atoms with van der Waals surface area (Å²) >= 11 is 1.72. The molecule has 1 aromatic heterocycles. The van der Waals surface area contributed by atoms with E-state index in [0.29, 0.717) is 19.7 Å². The van der Waals surface area contributed by atoms with Crippen LogP contribution in [0.5, 0.6) is 5.75 Å². The number of rotatable bonds is 7. The topological polar surface area (TPSA) is 55.8 Å². The van der Waals surface area contributed by atoms with Crippen molar-refractivity contribution in [2.24, 2.45) is 0 Å². The van der Waals surface area contributed by atoms with Gasteiger partial charge in [0.15, 0.2) is 6.61 Å². The van der Waals surface area contributed by atoms with Crippen LogP contribution in [0.25, 0.3) is 6.08 Å². The van der Waals surface area contributed by atoms with Gasteiger partial charge in [0.05, 0.1) is 0 Å². The first-order valence-corrected chi connectivity index (χ1v) is 11.0. The number of carbonyl (C=O) groups is 2. The molecular formula is C25H23NO4S. The van der Waals surface area contributed by atoms with Gasteiger partial charge < -0.3 is 14.4 Å². The summed E-state index contributed by atoms with van der Waals surface area (Å²) in [4.78, 5) is 27.4. The number of amides is 1. The molecule has 31 heavy (non-hydrogen) atoms. The number of esters is 1. The Morgan fingerprint density at radius 2 is 1.84 bits per heavy atom. The number of thiophene rings is 1. The van der Waals surface area contributed by atoms with Crippen LogP contribution >= 0.6 is 11.3 Å². The summed E-state index contributed by atoms with van der Waals surface area (Å²) in [5, 5.41) is 2.05. The molecule has 0 N–H and O–H groups in total. The molecule has 0 saturated heterocycles. The monoisotopic (exact) mass is 433 g/mol. The second-order valence-corrected chi connectivity index (χ2v) is 8.22. The van der Waals surface area contributed by atoms with Crippen LogP contribution in [0.15, 0.2) is 72.1 Å². The zero-order valence-electron chi connectivity index (χ0n) is 17.0. The molecule has 2 heterocycles. The van der Waals surface area contributed by atoms with Gasteiger partial charge >= 0.3 is 5.97 Å². The van der Waals surface area contributed by atoms with Crippen molar-refractivity contribution in [2.75, 3.05) is 13.2 Å². The summed E-state index contributed by atoms with van der Waals surface area (Å²) in [5.74, 6) is 0.0500. The minimum atomic E-state index is -0.536. The molecule has 0 spiro atoms. The Balaban J connectivity index is 1.21. The molecule has 6 heteroatoms. The average molecular weight is 434 g/mol. The Labute approximate surface area is 185 Å². The molecule has 5 nitrogen and oxygen atoms in total. The summed E-state index contributed by atoms with van der Waals surface area (Å²) in [5.41, 5.74) is 3.13. The zero-order chi connectivity index (χ0) is 21.5. The van der Waals surface area contributed by atoms with E-state index in [9.17, 15) is 9.59 Å². The summed E-state index contributed by atoms with van der Waals surface area (Å²) in [6, 6.07) is 19.4. The highest BCUT2D eigenvalue weighted by Gasteiger charge is 2.21. The van der Waals surface area contributed by atoms with Crippen LogP contribution < -0.4 is 4.74 Å². The summed E-state index contributed by atoms with van der Waals surface area (Å²) in [6.07, 6.45) is 3.85. The van der Waals surface area contributed by atoms with E-state index in [4.69, 9.17) is 9.47 Å². The Morgan fingerprint density at radius 1 is 1.03 bits per heavy atom. The molecule has 0 saturated carbocycles. The number of carbonyl (C=O) groups excluding carboxylic acids is 2. The Kier molecular flexibility index (Phi) is 6.79. The van der Waals surface area contributed by atoms with Crippen LogP contribution in [0.4, 0.5) is 0 Å². The van der Waals surface area contributed by atoms with Gasteiger partial charge in [0, 0.05) is 24.0 Å². The van der Waals surface area contributed by atoms with E-state index in [-0.39, 0.29) is 12.5 Å². The van der Waals surface area contributed by atoms with E-state index in [0.717, 1.165) is 23.3 Å². The molecule has 0 bridgehead atoms. The van der Waals surface area contributed by atoms with Gasteiger partial charge in [-0.1, -0.05) is 42.5 Å². The molecule has 1 aliphatic heterocycles. The lowest BCUT2D eigenvalue weighted by Gasteiger charge is -2.26. The van der Waals surface area contributed by atoms with Crippen LogP contribution in [0.1, 0.15) is 21.6 Å². The van der Waals surface area contributed by atoms with Crippen LogP contribution in [0, 0.1) is 0 Å². The lowest BCUT2D eigenvalue weighted by molar-refractivity contribution is -0.148. The number of fused-ring (bicyclic) bond motifs is 1. The second kappa shape index (κ2) is 10.1. The molecule has 0 fully saturated rings. The van der Waals surface area contributed by atoms with Crippen molar-refractivity contribution in [1.82, 2.24) is 4.90 Å². The van der Waals surface area contributed by atoms with E-state index < -0.39 is 5.97 Å². The fourth-order valence-corrected chi connectivity index (χ4v) is 4.20. The van der Waals surface area contributed by atoms with Crippen LogP contribution in [0.3, 0.4) is 0 Å². The molecule has 4 rings (SSSR count). The molecule has 3 aromatic rings. The third-order valence-electron chi connectivity index (χ3n) is 5.04. The Morgan fingerprint density at radius 3 is 2.65 bits per heavy atom. The second-order valence-electron chi connectivity index (χ2n) is 7.22. The fourth-order valence-electron chi connectivity index (χ4n) is 3.31. The maximum atomic E-state index is 12.3. The molecule has 0 atom stereocenters. The Bertz CT molecular complexity index is 1060.